The standard InChI is InChI=1S/C34H60O5P2/c1-11-39-40(10,35)34(41(36,37)38,26-24-32(8)22-14-20-30(6)18-12-16-28(2)3)27-25-33(9)23-15-21-31(7)19-13-17-29(4)5/h16-17,20-21,24-25H,11-15,18-19,22-23,26-27H2,1-10H3,(H2,36,37,38). The maximum atomic E-state index is 13.8. The lowest BCUT2D eigenvalue weighted by atomic mass is 10.0. The highest BCUT2D eigenvalue weighted by atomic mass is 31.2. The van der Waals surface area contributed by atoms with Crippen LogP contribution in [0, 0.1) is 0 Å². The Morgan fingerprint density at radius 2 is 0.927 bits per heavy atom. The zero-order valence-electron chi connectivity index (χ0n) is 27.8. The minimum absolute atomic E-state index is 0.00725. The molecule has 0 rings (SSSR count). The molecule has 0 aliphatic carbocycles. The van der Waals surface area contributed by atoms with E-state index in [0.717, 1.165) is 62.5 Å². The van der Waals surface area contributed by atoms with Crippen LogP contribution in [0.5, 0.6) is 0 Å². The van der Waals surface area contributed by atoms with Gasteiger partial charge in [-0.3, -0.25) is 9.13 Å². The third-order valence-corrected chi connectivity index (χ3v) is 13.4. The minimum Gasteiger partial charge on any atom is -0.328 e. The van der Waals surface area contributed by atoms with Gasteiger partial charge in [-0.05, 0) is 127 Å². The fraction of sp³-hybridized carbons (Fsp3) is 0.647. The first-order chi connectivity index (χ1) is 19.0. The summed E-state index contributed by atoms with van der Waals surface area (Å²) in [6.07, 6.45) is 20.1. The molecule has 2 N–H and O–H groups in total. The number of allylic oxidation sites excluding steroid dienone is 12. The van der Waals surface area contributed by atoms with E-state index in [0.29, 0.717) is 0 Å². The van der Waals surface area contributed by atoms with Gasteiger partial charge in [-0.25, -0.2) is 0 Å². The molecule has 5 nitrogen and oxygen atoms in total. The molecule has 0 aliphatic rings. The van der Waals surface area contributed by atoms with Gasteiger partial charge < -0.3 is 14.3 Å². The van der Waals surface area contributed by atoms with Crippen LogP contribution in [0.3, 0.4) is 0 Å². The highest BCUT2D eigenvalue weighted by Crippen LogP contribution is 2.75. The normalized spacial score (nSPS) is 16.7. The molecule has 0 fully saturated rings. The average molecular weight is 611 g/mol. The van der Waals surface area contributed by atoms with Crippen molar-refractivity contribution in [3.8, 4) is 0 Å². The van der Waals surface area contributed by atoms with Crippen LogP contribution in [-0.2, 0) is 13.7 Å². The molecule has 0 aromatic carbocycles. The van der Waals surface area contributed by atoms with Crippen molar-refractivity contribution in [2.45, 2.75) is 131 Å². The predicted octanol–water partition coefficient (Wildman–Crippen LogP) is 11.4. The summed E-state index contributed by atoms with van der Waals surface area (Å²) >= 11 is 0. The van der Waals surface area contributed by atoms with Crippen LogP contribution in [-0.4, -0.2) is 28.0 Å². The second-order valence-corrected chi connectivity index (χ2v) is 17.2. The summed E-state index contributed by atoms with van der Waals surface area (Å²) in [4.78, 5) is 19.5. The predicted molar refractivity (Wildman–Crippen MR) is 180 cm³/mol. The number of hydrogen-bond acceptors (Lipinski definition) is 3. The lowest BCUT2D eigenvalue weighted by Gasteiger charge is -2.37. The number of hydrogen-bond donors (Lipinski definition) is 2. The molecule has 236 valence electrons. The van der Waals surface area contributed by atoms with E-state index in [2.05, 4.69) is 65.8 Å². The smallest absolute Gasteiger partial charge is 0.328 e. The minimum atomic E-state index is -4.81. The lowest BCUT2D eigenvalue weighted by Crippen LogP contribution is -2.29. The second kappa shape index (κ2) is 19.9. The zero-order valence-corrected chi connectivity index (χ0v) is 29.5. The maximum Gasteiger partial charge on any atom is 0.341 e. The van der Waals surface area contributed by atoms with Gasteiger partial charge in [-0.2, -0.15) is 0 Å². The van der Waals surface area contributed by atoms with Crippen LogP contribution in [0.25, 0.3) is 0 Å². The maximum absolute atomic E-state index is 13.8. The topological polar surface area (TPSA) is 83.8 Å². The van der Waals surface area contributed by atoms with Gasteiger partial charge in [0.2, 0.25) is 7.37 Å². The molecular formula is C34H60O5P2. The summed E-state index contributed by atoms with van der Waals surface area (Å²) < 4.78 is 32.5. The van der Waals surface area contributed by atoms with Gasteiger partial charge in [0.15, 0.2) is 4.90 Å². The molecule has 0 radical (unpaired) electrons. The van der Waals surface area contributed by atoms with Crippen LogP contribution in [0.2, 0.25) is 0 Å². The highest BCUT2D eigenvalue weighted by Gasteiger charge is 2.57. The molecule has 1 unspecified atom stereocenters. The Hall–Kier alpha value is -1.22. The molecule has 0 aromatic rings. The molecule has 0 saturated heterocycles. The van der Waals surface area contributed by atoms with E-state index < -0.39 is 19.9 Å². The Morgan fingerprint density at radius 1 is 0.610 bits per heavy atom. The molecule has 0 aliphatic heterocycles. The van der Waals surface area contributed by atoms with E-state index in [-0.39, 0.29) is 19.4 Å². The van der Waals surface area contributed by atoms with Crippen molar-refractivity contribution in [1.29, 1.82) is 0 Å². The van der Waals surface area contributed by atoms with Crippen molar-refractivity contribution in [2.24, 2.45) is 0 Å². The van der Waals surface area contributed by atoms with Crippen molar-refractivity contribution >= 4 is 15.0 Å². The van der Waals surface area contributed by atoms with Gasteiger partial charge in [0.25, 0.3) is 0 Å². The Kier molecular flexibility index (Phi) is 19.3. The third kappa shape index (κ3) is 16.3. The Bertz CT molecular complexity index is 1010. The van der Waals surface area contributed by atoms with E-state index >= 15 is 0 Å². The fourth-order valence-electron chi connectivity index (χ4n) is 4.61. The van der Waals surface area contributed by atoms with E-state index in [9.17, 15) is 18.9 Å². The molecule has 41 heavy (non-hydrogen) atoms. The zero-order chi connectivity index (χ0) is 31.7. The third-order valence-electron chi connectivity index (χ3n) is 7.47. The van der Waals surface area contributed by atoms with Gasteiger partial charge in [0, 0.05) is 6.66 Å². The molecule has 0 heterocycles. The quantitative estimate of drug-likeness (QED) is 0.106. The van der Waals surface area contributed by atoms with Crippen LogP contribution in [0.4, 0.5) is 0 Å². The van der Waals surface area contributed by atoms with Crippen LogP contribution in [0.1, 0.15) is 127 Å². The van der Waals surface area contributed by atoms with Crippen LogP contribution < -0.4 is 0 Å². The molecule has 1 atom stereocenters. The second-order valence-electron chi connectivity index (χ2n) is 12.1. The molecular weight excluding hydrogens is 550 g/mol. The molecule has 7 heteroatoms. The lowest BCUT2D eigenvalue weighted by molar-refractivity contribution is 0.302. The largest absolute Gasteiger partial charge is 0.341 e. The first-order valence-electron chi connectivity index (χ1n) is 15.1. The monoisotopic (exact) mass is 610 g/mol. The van der Waals surface area contributed by atoms with Crippen molar-refractivity contribution in [3.05, 3.63) is 69.9 Å². The summed E-state index contributed by atoms with van der Waals surface area (Å²) in [6.45, 7) is 19.9. The van der Waals surface area contributed by atoms with Gasteiger partial charge >= 0.3 is 7.60 Å². The van der Waals surface area contributed by atoms with Crippen LogP contribution >= 0.6 is 15.0 Å². The molecule has 0 aromatic heterocycles. The van der Waals surface area contributed by atoms with E-state index in [1.54, 1.807) is 6.92 Å². The first kappa shape index (κ1) is 39.8. The van der Waals surface area contributed by atoms with Gasteiger partial charge in [0.05, 0.1) is 6.61 Å². The van der Waals surface area contributed by atoms with Gasteiger partial charge in [-0.15, -0.1) is 0 Å². The summed E-state index contributed by atoms with van der Waals surface area (Å²) in [7, 11) is -8.49. The Balaban J connectivity index is 5.72. The van der Waals surface area contributed by atoms with E-state index in [1.165, 1.54) is 29.0 Å². The number of rotatable bonds is 20. The van der Waals surface area contributed by atoms with Gasteiger partial charge in [-0.1, -0.05) is 69.9 Å². The van der Waals surface area contributed by atoms with Crippen molar-refractivity contribution in [3.63, 3.8) is 0 Å². The molecule has 0 spiro atoms. The van der Waals surface area contributed by atoms with Crippen LogP contribution in [0.15, 0.2) is 69.9 Å². The van der Waals surface area contributed by atoms with Crippen molar-refractivity contribution in [1.82, 2.24) is 0 Å². The summed E-state index contributed by atoms with van der Waals surface area (Å²) in [5.74, 6) is 0. The Labute approximate surface area is 252 Å². The Morgan fingerprint density at radius 3 is 1.22 bits per heavy atom. The summed E-state index contributed by atoms with van der Waals surface area (Å²) in [5.41, 5.74) is 7.39. The molecule has 0 saturated carbocycles. The SMILES string of the molecule is CCOP(C)(=O)C(CC=C(C)CCC=C(C)CCC=C(C)C)(CC=C(C)CCC=C(C)CCC=C(C)C)P(=O)(O)O. The molecule has 0 bridgehead atoms. The molecule has 0 amide bonds. The van der Waals surface area contributed by atoms with E-state index in [1.807, 2.05) is 26.0 Å². The fourth-order valence-corrected chi connectivity index (χ4v) is 8.91. The van der Waals surface area contributed by atoms with Crippen molar-refractivity contribution in [2.75, 3.05) is 13.3 Å². The first-order valence-corrected chi connectivity index (χ1v) is 18.8. The summed E-state index contributed by atoms with van der Waals surface area (Å²) in [6, 6.07) is 0. The summed E-state index contributed by atoms with van der Waals surface area (Å²) in [5, 5.41) is 0. The average Bonchev–Trinajstić information content (AvgIpc) is 2.82. The van der Waals surface area contributed by atoms with E-state index in [4.69, 9.17) is 4.52 Å². The highest BCUT2D eigenvalue weighted by molar-refractivity contribution is 7.75. The van der Waals surface area contributed by atoms with Gasteiger partial charge in [0.1, 0.15) is 0 Å². The van der Waals surface area contributed by atoms with Crippen molar-refractivity contribution < 1.29 is 23.4 Å².